The van der Waals surface area contributed by atoms with Crippen molar-refractivity contribution in [1.29, 1.82) is 0 Å². The Labute approximate surface area is 127 Å². The molecular weight excluding hydrogens is 318 g/mol. The lowest BCUT2D eigenvalue weighted by Gasteiger charge is -2.23. The van der Waals surface area contributed by atoms with Gasteiger partial charge in [-0.3, -0.25) is 0 Å². The van der Waals surface area contributed by atoms with Crippen molar-refractivity contribution in [2.24, 2.45) is 5.92 Å². The smallest absolute Gasteiger partial charge is 0.328 e. The summed E-state index contributed by atoms with van der Waals surface area (Å²) in [6, 6.07) is 5.86. The molecule has 104 valence electrons. The molecule has 0 unspecified atom stereocenters. The first-order chi connectivity index (χ1) is 9.60. The molecule has 1 fully saturated rings. The van der Waals surface area contributed by atoms with E-state index >= 15 is 0 Å². The monoisotopic (exact) mass is 333 g/mol. The van der Waals surface area contributed by atoms with Gasteiger partial charge in [-0.15, -0.1) is 6.42 Å². The van der Waals surface area contributed by atoms with Gasteiger partial charge in [-0.2, -0.15) is 0 Å². The number of terminal acetylenes is 1. The van der Waals surface area contributed by atoms with Crippen LogP contribution in [0.2, 0.25) is 0 Å². The number of hydrogen-bond acceptors (Lipinski definition) is 2. The molecule has 1 N–H and O–H groups in total. The van der Waals surface area contributed by atoms with Crippen LogP contribution in [0.1, 0.15) is 18.4 Å². The molecule has 20 heavy (non-hydrogen) atoms. The largest absolute Gasteiger partial charge is 0.478 e. The summed E-state index contributed by atoms with van der Waals surface area (Å²) in [4.78, 5) is 12.7. The van der Waals surface area contributed by atoms with E-state index in [4.69, 9.17) is 11.5 Å². The highest BCUT2D eigenvalue weighted by atomic mass is 79.9. The molecule has 1 saturated carbocycles. The molecule has 0 radical (unpaired) electrons. The zero-order chi connectivity index (χ0) is 14.5. The maximum Gasteiger partial charge on any atom is 0.328 e. The van der Waals surface area contributed by atoms with E-state index < -0.39 is 5.97 Å². The Morgan fingerprint density at radius 2 is 2.30 bits per heavy atom. The third-order valence-electron chi connectivity index (χ3n) is 3.21. The maximum absolute atomic E-state index is 10.5. The zero-order valence-electron chi connectivity index (χ0n) is 11.1. The maximum atomic E-state index is 10.5. The van der Waals surface area contributed by atoms with E-state index in [0.717, 1.165) is 34.3 Å². The fraction of sp³-hybridized carbons (Fsp3) is 0.312. The van der Waals surface area contributed by atoms with Crippen molar-refractivity contribution in [3.8, 4) is 12.3 Å². The second-order valence-corrected chi connectivity index (χ2v) is 5.76. The minimum atomic E-state index is -0.955. The normalized spacial score (nSPS) is 14.2. The first-order valence-corrected chi connectivity index (χ1v) is 7.28. The quantitative estimate of drug-likeness (QED) is 0.640. The molecule has 3 nitrogen and oxygen atoms in total. The number of hydrogen-bond donors (Lipinski definition) is 1. The van der Waals surface area contributed by atoms with Crippen LogP contribution in [-0.4, -0.2) is 24.2 Å². The lowest BCUT2D eigenvalue weighted by atomic mass is 10.1. The highest BCUT2D eigenvalue weighted by molar-refractivity contribution is 9.10. The molecule has 0 aromatic heterocycles. The van der Waals surface area contributed by atoms with Crippen LogP contribution in [0.5, 0.6) is 0 Å². The van der Waals surface area contributed by atoms with E-state index in [2.05, 4.69) is 26.8 Å². The fourth-order valence-corrected chi connectivity index (χ4v) is 2.49. The number of rotatable bonds is 6. The van der Waals surface area contributed by atoms with Crippen molar-refractivity contribution >= 4 is 33.7 Å². The van der Waals surface area contributed by atoms with Crippen LogP contribution >= 0.6 is 15.9 Å². The number of carbonyl (C=O) groups is 1. The minimum absolute atomic E-state index is 0.591. The topological polar surface area (TPSA) is 40.5 Å². The number of carboxylic acid groups (broad SMARTS) is 1. The molecule has 0 saturated heterocycles. The summed E-state index contributed by atoms with van der Waals surface area (Å²) in [7, 11) is 0. The highest BCUT2D eigenvalue weighted by Crippen LogP contribution is 2.32. The summed E-state index contributed by atoms with van der Waals surface area (Å²) in [6.45, 7) is 1.58. The van der Waals surface area contributed by atoms with E-state index in [1.54, 1.807) is 6.08 Å². The molecule has 0 bridgehead atoms. The summed E-state index contributed by atoms with van der Waals surface area (Å²) in [5.74, 6) is 2.50. The Bertz CT molecular complexity index is 570. The Morgan fingerprint density at radius 1 is 1.55 bits per heavy atom. The summed E-state index contributed by atoms with van der Waals surface area (Å²) in [5, 5.41) is 8.65. The van der Waals surface area contributed by atoms with Crippen LogP contribution in [-0.2, 0) is 4.79 Å². The van der Waals surface area contributed by atoms with Gasteiger partial charge < -0.3 is 10.0 Å². The molecule has 1 aliphatic carbocycles. The van der Waals surface area contributed by atoms with Gasteiger partial charge in [0, 0.05) is 22.8 Å². The Morgan fingerprint density at radius 3 is 2.85 bits per heavy atom. The Kier molecular flexibility index (Phi) is 4.86. The van der Waals surface area contributed by atoms with Crippen molar-refractivity contribution in [2.45, 2.75) is 12.8 Å². The number of benzene rings is 1. The second kappa shape index (κ2) is 6.62. The van der Waals surface area contributed by atoms with Crippen LogP contribution in [0.4, 0.5) is 5.69 Å². The summed E-state index contributed by atoms with van der Waals surface area (Å²) in [5.41, 5.74) is 1.90. The average molecular weight is 334 g/mol. The first kappa shape index (κ1) is 14.7. The molecule has 0 atom stereocenters. The van der Waals surface area contributed by atoms with E-state index in [-0.39, 0.29) is 0 Å². The molecule has 4 heteroatoms. The van der Waals surface area contributed by atoms with Gasteiger partial charge >= 0.3 is 5.97 Å². The lowest BCUT2D eigenvalue weighted by Crippen LogP contribution is -2.25. The zero-order valence-corrected chi connectivity index (χ0v) is 12.6. The van der Waals surface area contributed by atoms with E-state index in [1.807, 2.05) is 18.2 Å². The number of carboxylic acids is 1. The van der Waals surface area contributed by atoms with Crippen molar-refractivity contribution in [3.63, 3.8) is 0 Å². The number of aliphatic carboxylic acids is 1. The Hall–Kier alpha value is -1.73. The van der Waals surface area contributed by atoms with E-state index in [0.29, 0.717) is 6.54 Å². The molecule has 0 aliphatic heterocycles. The van der Waals surface area contributed by atoms with Gasteiger partial charge in [0.1, 0.15) is 0 Å². The first-order valence-electron chi connectivity index (χ1n) is 6.49. The highest BCUT2D eigenvalue weighted by Gasteiger charge is 2.24. The summed E-state index contributed by atoms with van der Waals surface area (Å²) >= 11 is 3.48. The molecule has 0 amide bonds. The van der Waals surface area contributed by atoms with Crippen LogP contribution < -0.4 is 4.90 Å². The van der Waals surface area contributed by atoms with E-state index in [1.165, 1.54) is 12.8 Å². The van der Waals surface area contributed by atoms with Gasteiger partial charge in [0.05, 0.1) is 6.54 Å². The van der Waals surface area contributed by atoms with Gasteiger partial charge in [0.2, 0.25) is 0 Å². The molecule has 1 aromatic carbocycles. The van der Waals surface area contributed by atoms with Gasteiger partial charge in [-0.05, 0) is 42.5 Å². The standard InChI is InChI=1S/C16H16BrNO2/c1-2-9-18(11-12-3-4-12)14-7-5-13(15(17)10-14)6-8-16(19)20/h1,5-8,10,12H,3-4,9,11H2,(H,19,20)/b8-6+. The summed E-state index contributed by atoms with van der Waals surface area (Å²) < 4.78 is 0.866. The molecule has 2 rings (SSSR count). The van der Waals surface area contributed by atoms with Gasteiger partial charge in [0.15, 0.2) is 0 Å². The summed E-state index contributed by atoms with van der Waals surface area (Å²) in [6.07, 6.45) is 10.7. The predicted molar refractivity (Wildman–Crippen MR) is 84.6 cm³/mol. The van der Waals surface area contributed by atoms with Gasteiger partial charge in [-0.25, -0.2) is 4.79 Å². The minimum Gasteiger partial charge on any atom is -0.478 e. The average Bonchev–Trinajstić information content (AvgIpc) is 3.20. The van der Waals surface area contributed by atoms with Gasteiger partial charge in [0.25, 0.3) is 0 Å². The molecule has 1 aromatic rings. The SMILES string of the molecule is C#CCN(CC1CC1)c1ccc(/C=C/C(=O)O)c(Br)c1. The van der Waals surface area contributed by atoms with Crippen molar-refractivity contribution in [2.75, 3.05) is 18.0 Å². The number of anilines is 1. The van der Waals surface area contributed by atoms with Gasteiger partial charge in [-0.1, -0.05) is 27.9 Å². The number of halogens is 1. The van der Waals surface area contributed by atoms with Crippen molar-refractivity contribution < 1.29 is 9.90 Å². The Balaban J connectivity index is 2.17. The molecule has 1 aliphatic rings. The molecular formula is C16H16BrNO2. The third-order valence-corrected chi connectivity index (χ3v) is 3.90. The predicted octanol–water partition coefficient (Wildman–Crippen LogP) is 3.40. The van der Waals surface area contributed by atoms with Crippen molar-refractivity contribution in [1.82, 2.24) is 0 Å². The van der Waals surface area contributed by atoms with Crippen molar-refractivity contribution in [3.05, 3.63) is 34.3 Å². The van der Waals surface area contributed by atoms with Crippen LogP contribution in [0.3, 0.4) is 0 Å². The second-order valence-electron chi connectivity index (χ2n) is 4.91. The number of nitrogens with zero attached hydrogens (tertiary/aromatic N) is 1. The third kappa shape index (κ3) is 4.14. The molecule has 0 spiro atoms. The van der Waals surface area contributed by atoms with Crippen LogP contribution in [0.15, 0.2) is 28.7 Å². The van der Waals surface area contributed by atoms with Crippen LogP contribution in [0, 0.1) is 18.3 Å². The lowest BCUT2D eigenvalue weighted by molar-refractivity contribution is -0.131. The van der Waals surface area contributed by atoms with Crippen LogP contribution in [0.25, 0.3) is 6.08 Å². The fourth-order valence-electron chi connectivity index (χ4n) is 1.99. The van der Waals surface area contributed by atoms with E-state index in [9.17, 15) is 4.79 Å². The molecule has 0 heterocycles.